The van der Waals surface area contributed by atoms with Crippen LogP contribution in [0.2, 0.25) is 0 Å². The van der Waals surface area contributed by atoms with Crippen LogP contribution in [0.15, 0.2) is 58.4 Å². The highest BCUT2D eigenvalue weighted by molar-refractivity contribution is 7.99. The van der Waals surface area contributed by atoms with E-state index in [1.807, 2.05) is 36.4 Å². The topological polar surface area (TPSA) is 60.7 Å². The molecule has 1 heterocycles. The van der Waals surface area contributed by atoms with Gasteiger partial charge in [0.15, 0.2) is 4.80 Å². The quantitative estimate of drug-likeness (QED) is 0.477. The van der Waals surface area contributed by atoms with E-state index in [4.69, 9.17) is 4.74 Å². The SMILES string of the molecule is COC(=O)Cn1c(=NC(=O)c2ccc(SC(C)C)cc2)sc2ccccc21. The molecule has 0 N–H and O–H groups in total. The predicted octanol–water partition coefficient (Wildman–Crippen LogP) is 4.12. The van der Waals surface area contributed by atoms with Crippen molar-refractivity contribution in [2.24, 2.45) is 4.99 Å². The van der Waals surface area contributed by atoms with Crippen LogP contribution in [-0.4, -0.2) is 28.8 Å². The number of amides is 1. The Bertz CT molecular complexity index is 1030. The first-order chi connectivity index (χ1) is 13.0. The molecule has 2 aromatic carbocycles. The second-order valence-electron chi connectivity index (χ2n) is 6.12. The number of para-hydroxylation sites is 1. The molecule has 0 atom stereocenters. The van der Waals surface area contributed by atoms with E-state index >= 15 is 0 Å². The first-order valence-electron chi connectivity index (χ1n) is 8.49. The maximum Gasteiger partial charge on any atom is 0.325 e. The summed E-state index contributed by atoms with van der Waals surface area (Å²) in [5, 5.41) is 0.479. The summed E-state index contributed by atoms with van der Waals surface area (Å²) >= 11 is 3.12. The van der Waals surface area contributed by atoms with Crippen molar-refractivity contribution >= 4 is 45.2 Å². The van der Waals surface area contributed by atoms with Crippen molar-refractivity contribution < 1.29 is 14.3 Å². The number of hydrogen-bond acceptors (Lipinski definition) is 5. The van der Waals surface area contributed by atoms with Gasteiger partial charge in [0.25, 0.3) is 5.91 Å². The number of ether oxygens (including phenoxy) is 1. The lowest BCUT2D eigenvalue weighted by atomic mass is 10.2. The second-order valence-corrected chi connectivity index (χ2v) is 8.78. The number of carbonyl (C=O) groups excluding carboxylic acids is 2. The lowest BCUT2D eigenvalue weighted by Crippen LogP contribution is -2.22. The summed E-state index contributed by atoms with van der Waals surface area (Å²) in [7, 11) is 1.34. The zero-order valence-electron chi connectivity index (χ0n) is 15.3. The van der Waals surface area contributed by atoms with Crippen molar-refractivity contribution in [3.8, 4) is 0 Å². The molecule has 0 radical (unpaired) electrons. The van der Waals surface area contributed by atoms with Gasteiger partial charge in [-0.05, 0) is 36.4 Å². The third kappa shape index (κ3) is 4.67. The van der Waals surface area contributed by atoms with Crippen molar-refractivity contribution in [2.45, 2.75) is 30.5 Å². The molecule has 0 saturated heterocycles. The Morgan fingerprint density at radius 1 is 1.15 bits per heavy atom. The van der Waals surface area contributed by atoms with Crippen LogP contribution in [0.25, 0.3) is 10.2 Å². The molecule has 0 aliphatic carbocycles. The van der Waals surface area contributed by atoms with Crippen molar-refractivity contribution in [1.82, 2.24) is 4.57 Å². The highest BCUT2D eigenvalue weighted by Crippen LogP contribution is 2.23. The Morgan fingerprint density at radius 2 is 1.85 bits per heavy atom. The number of thiazole rings is 1. The van der Waals surface area contributed by atoms with Gasteiger partial charge in [-0.25, -0.2) is 0 Å². The molecule has 0 unspecified atom stereocenters. The standard InChI is InChI=1S/C20H20N2O3S2/c1-13(2)26-15-10-8-14(9-11-15)19(24)21-20-22(12-18(23)25-3)16-6-4-5-7-17(16)27-20/h4-11,13H,12H2,1-3H3. The Kier molecular flexibility index (Phi) is 6.13. The molecule has 7 heteroatoms. The molecule has 3 aromatic rings. The van der Waals surface area contributed by atoms with Crippen molar-refractivity contribution in [2.75, 3.05) is 7.11 Å². The number of benzene rings is 2. The van der Waals surface area contributed by atoms with Crippen LogP contribution < -0.4 is 4.80 Å². The number of nitrogens with zero attached hydrogens (tertiary/aromatic N) is 2. The first kappa shape index (κ1) is 19.4. The molecular formula is C20H20N2O3S2. The predicted molar refractivity (Wildman–Crippen MR) is 109 cm³/mol. The Hall–Kier alpha value is -2.38. The smallest absolute Gasteiger partial charge is 0.325 e. The zero-order valence-corrected chi connectivity index (χ0v) is 17.0. The Labute approximate surface area is 165 Å². The van der Waals surface area contributed by atoms with Crippen molar-refractivity contribution in [1.29, 1.82) is 0 Å². The molecule has 5 nitrogen and oxygen atoms in total. The number of esters is 1. The van der Waals surface area contributed by atoms with E-state index in [1.54, 1.807) is 28.5 Å². The minimum Gasteiger partial charge on any atom is -0.468 e. The third-order valence-electron chi connectivity index (χ3n) is 3.77. The van der Waals surface area contributed by atoms with Crippen LogP contribution in [0.4, 0.5) is 0 Å². The monoisotopic (exact) mass is 400 g/mol. The zero-order chi connectivity index (χ0) is 19.4. The van der Waals surface area contributed by atoms with Gasteiger partial charge in [-0.1, -0.05) is 37.3 Å². The summed E-state index contributed by atoms with van der Waals surface area (Å²) in [5.74, 6) is -0.719. The molecule has 0 spiro atoms. The van der Waals surface area contributed by atoms with Crippen LogP contribution in [0.5, 0.6) is 0 Å². The summed E-state index contributed by atoms with van der Waals surface area (Å²) in [6, 6.07) is 15.1. The average Bonchev–Trinajstić information content (AvgIpc) is 2.99. The van der Waals surface area contributed by atoms with E-state index in [0.717, 1.165) is 15.1 Å². The van der Waals surface area contributed by atoms with Crippen LogP contribution in [0.3, 0.4) is 0 Å². The number of hydrogen-bond donors (Lipinski definition) is 0. The fourth-order valence-electron chi connectivity index (χ4n) is 2.55. The maximum absolute atomic E-state index is 12.6. The highest BCUT2D eigenvalue weighted by Gasteiger charge is 2.12. The van der Waals surface area contributed by atoms with Gasteiger partial charge < -0.3 is 9.30 Å². The van der Waals surface area contributed by atoms with Crippen LogP contribution in [0.1, 0.15) is 24.2 Å². The maximum atomic E-state index is 12.6. The fraction of sp³-hybridized carbons (Fsp3) is 0.250. The molecule has 0 fully saturated rings. The molecular weight excluding hydrogens is 380 g/mol. The molecule has 0 bridgehead atoms. The van der Waals surface area contributed by atoms with Crippen molar-refractivity contribution in [3.63, 3.8) is 0 Å². The normalized spacial score (nSPS) is 11.9. The highest BCUT2D eigenvalue weighted by atomic mass is 32.2. The summed E-state index contributed by atoms with van der Waals surface area (Å²) in [6.07, 6.45) is 0. The minimum absolute atomic E-state index is 0.0105. The van der Waals surface area contributed by atoms with Gasteiger partial charge in [-0.3, -0.25) is 9.59 Å². The summed E-state index contributed by atoms with van der Waals surface area (Å²) < 4.78 is 7.45. The first-order valence-corrected chi connectivity index (χ1v) is 10.2. The number of methoxy groups -OCH3 is 1. The summed E-state index contributed by atoms with van der Waals surface area (Å²) in [4.78, 5) is 30.3. The largest absolute Gasteiger partial charge is 0.468 e. The van der Waals surface area contributed by atoms with Gasteiger partial charge in [0.2, 0.25) is 0 Å². The number of fused-ring (bicyclic) bond motifs is 1. The fourth-order valence-corrected chi connectivity index (χ4v) is 4.42. The van der Waals surface area contributed by atoms with Crippen molar-refractivity contribution in [3.05, 3.63) is 58.9 Å². The van der Waals surface area contributed by atoms with Gasteiger partial charge in [0.1, 0.15) is 6.54 Å². The summed E-state index contributed by atoms with van der Waals surface area (Å²) in [5.41, 5.74) is 1.37. The van der Waals surface area contributed by atoms with Gasteiger partial charge >= 0.3 is 5.97 Å². The number of aromatic nitrogens is 1. The molecule has 0 saturated carbocycles. The second kappa shape index (κ2) is 8.54. The average molecular weight is 401 g/mol. The molecule has 3 rings (SSSR count). The lowest BCUT2D eigenvalue weighted by Gasteiger charge is -2.05. The van der Waals surface area contributed by atoms with Crippen LogP contribution in [0, 0.1) is 0 Å². The third-order valence-corrected chi connectivity index (χ3v) is 5.85. The van der Waals surface area contributed by atoms with E-state index in [-0.39, 0.29) is 18.4 Å². The van der Waals surface area contributed by atoms with E-state index < -0.39 is 0 Å². The molecule has 1 amide bonds. The van der Waals surface area contributed by atoms with Gasteiger partial charge in [-0.15, -0.1) is 11.8 Å². The van der Waals surface area contributed by atoms with Gasteiger partial charge in [-0.2, -0.15) is 4.99 Å². The molecule has 140 valence electrons. The molecule has 0 aliphatic heterocycles. The van der Waals surface area contributed by atoms with E-state index in [2.05, 4.69) is 18.8 Å². The van der Waals surface area contributed by atoms with E-state index in [9.17, 15) is 9.59 Å². The lowest BCUT2D eigenvalue weighted by molar-refractivity contribution is -0.141. The molecule has 27 heavy (non-hydrogen) atoms. The number of rotatable bonds is 5. The number of thioether (sulfide) groups is 1. The van der Waals surface area contributed by atoms with E-state index in [1.165, 1.54) is 18.4 Å². The molecule has 0 aliphatic rings. The Morgan fingerprint density at radius 3 is 2.52 bits per heavy atom. The molecule has 1 aromatic heterocycles. The van der Waals surface area contributed by atoms with Gasteiger partial charge in [0.05, 0.1) is 17.3 Å². The minimum atomic E-state index is -0.387. The Balaban J connectivity index is 1.98. The van der Waals surface area contributed by atoms with E-state index in [0.29, 0.717) is 15.6 Å². The summed E-state index contributed by atoms with van der Waals surface area (Å²) in [6.45, 7) is 4.26. The van der Waals surface area contributed by atoms with Gasteiger partial charge in [0, 0.05) is 15.7 Å². The van der Waals surface area contributed by atoms with Crippen LogP contribution >= 0.6 is 23.1 Å². The number of carbonyl (C=O) groups is 2. The van der Waals surface area contributed by atoms with Crippen LogP contribution in [-0.2, 0) is 16.1 Å².